The molecule has 0 saturated carbocycles. The fourth-order valence-corrected chi connectivity index (χ4v) is 1.16. The van der Waals surface area contributed by atoms with Crippen molar-refractivity contribution < 1.29 is 19.4 Å². The number of amides is 2. The number of hydrazine groups is 1. The summed E-state index contributed by atoms with van der Waals surface area (Å²) in [5.41, 5.74) is 0. The molecule has 1 aliphatic rings. The number of alkyl halides is 1. The van der Waals surface area contributed by atoms with Crippen LogP contribution in [0, 0.1) is 0 Å². The van der Waals surface area contributed by atoms with Crippen LogP contribution in [0.3, 0.4) is 0 Å². The molecule has 1 saturated heterocycles. The van der Waals surface area contributed by atoms with Crippen molar-refractivity contribution in [3.63, 3.8) is 0 Å². The highest BCUT2D eigenvalue weighted by molar-refractivity contribution is 6.18. The van der Waals surface area contributed by atoms with Gasteiger partial charge < -0.3 is 9.84 Å². The Morgan fingerprint density at radius 1 is 1.77 bits per heavy atom. The maximum absolute atomic E-state index is 11.0. The number of halogens is 1. The Labute approximate surface area is 79.6 Å². The Kier molecular flexibility index (Phi) is 3.18. The Hall–Kier alpha value is -1.17. The second kappa shape index (κ2) is 4.18. The van der Waals surface area contributed by atoms with Crippen LogP contribution < -0.4 is 0 Å². The molecule has 1 N–H and O–H groups in total. The second-order valence-electron chi connectivity index (χ2n) is 2.33. The van der Waals surface area contributed by atoms with E-state index in [0.29, 0.717) is 0 Å². The predicted octanol–water partition coefficient (Wildman–Crippen LogP) is 0.572. The monoisotopic (exact) mass is 208 g/mol. The SMILES string of the molecule is O=C(O)N(CCCl)N1CCOC1=O. The molecule has 0 radical (unpaired) electrons. The highest BCUT2D eigenvalue weighted by Crippen LogP contribution is 2.08. The van der Waals surface area contributed by atoms with E-state index >= 15 is 0 Å². The van der Waals surface area contributed by atoms with Gasteiger partial charge in [0.2, 0.25) is 0 Å². The molecule has 2 amide bonds. The Morgan fingerprint density at radius 3 is 2.85 bits per heavy atom. The Balaban J connectivity index is 2.63. The van der Waals surface area contributed by atoms with E-state index in [-0.39, 0.29) is 25.6 Å². The molecule has 0 atom stereocenters. The third-order valence-electron chi connectivity index (χ3n) is 1.55. The molecule has 6 nitrogen and oxygen atoms in total. The van der Waals surface area contributed by atoms with Crippen LogP contribution >= 0.6 is 11.6 Å². The van der Waals surface area contributed by atoms with Crippen LogP contribution in [-0.4, -0.2) is 52.9 Å². The number of hydrogen-bond acceptors (Lipinski definition) is 3. The number of rotatable bonds is 3. The van der Waals surface area contributed by atoms with Crippen LogP contribution in [0.1, 0.15) is 0 Å². The molecule has 0 bridgehead atoms. The normalized spacial score (nSPS) is 15.8. The van der Waals surface area contributed by atoms with E-state index in [4.69, 9.17) is 16.7 Å². The maximum Gasteiger partial charge on any atom is 0.429 e. The summed E-state index contributed by atoms with van der Waals surface area (Å²) >= 11 is 5.38. The quantitative estimate of drug-likeness (QED) is 0.689. The van der Waals surface area contributed by atoms with Crippen LogP contribution in [-0.2, 0) is 4.74 Å². The summed E-state index contributed by atoms with van der Waals surface area (Å²) in [5, 5.41) is 10.6. The van der Waals surface area contributed by atoms with Gasteiger partial charge in [-0.2, -0.15) is 0 Å². The van der Waals surface area contributed by atoms with Crippen LogP contribution in [0.4, 0.5) is 9.59 Å². The van der Waals surface area contributed by atoms with E-state index in [0.717, 1.165) is 10.0 Å². The molecule has 0 spiro atoms. The minimum Gasteiger partial charge on any atom is -0.464 e. The van der Waals surface area contributed by atoms with Crippen molar-refractivity contribution >= 4 is 23.8 Å². The lowest BCUT2D eigenvalue weighted by Crippen LogP contribution is -2.47. The van der Waals surface area contributed by atoms with Gasteiger partial charge in [0.25, 0.3) is 0 Å². The summed E-state index contributed by atoms with van der Waals surface area (Å²) in [6.07, 6.45) is -1.85. The zero-order valence-corrected chi connectivity index (χ0v) is 7.53. The molecule has 13 heavy (non-hydrogen) atoms. The fraction of sp³-hybridized carbons (Fsp3) is 0.667. The Bertz CT molecular complexity index is 223. The van der Waals surface area contributed by atoms with Crippen molar-refractivity contribution in [1.29, 1.82) is 0 Å². The van der Waals surface area contributed by atoms with Crippen LogP contribution in [0.2, 0.25) is 0 Å². The third kappa shape index (κ3) is 2.15. The molecular weight excluding hydrogens is 200 g/mol. The van der Waals surface area contributed by atoms with Gasteiger partial charge in [-0.15, -0.1) is 11.6 Å². The molecule has 0 aromatic heterocycles. The standard InChI is InChI=1S/C6H9ClN2O4/c7-1-2-8(5(10)11)9-3-4-13-6(9)12/h1-4H2,(H,10,11). The summed E-state index contributed by atoms with van der Waals surface area (Å²) in [6.45, 7) is 0.541. The van der Waals surface area contributed by atoms with Crippen LogP contribution in [0.15, 0.2) is 0 Å². The minimum absolute atomic E-state index is 0.0754. The van der Waals surface area contributed by atoms with E-state index in [9.17, 15) is 9.59 Å². The third-order valence-corrected chi connectivity index (χ3v) is 1.72. The zero-order chi connectivity index (χ0) is 9.84. The first kappa shape index (κ1) is 9.91. The summed E-state index contributed by atoms with van der Waals surface area (Å²) < 4.78 is 4.58. The summed E-state index contributed by atoms with van der Waals surface area (Å²) in [5.74, 6) is 0.135. The van der Waals surface area contributed by atoms with Gasteiger partial charge in [-0.3, -0.25) is 0 Å². The highest BCUT2D eigenvalue weighted by atomic mass is 35.5. The number of carbonyl (C=O) groups is 2. The van der Waals surface area contributed by atoms with Crippen molar-refractivity contribution in [1.82, 2.24) is 10.0 Å². The molecule has 1 heterocycles. The first-order valence-electron chi connectivity index (χ1n) is 3.67. The van der Waals surface area contributed by atoms with Crippen LogP contribution in [0.25, 0.3) is 0 Å². The van der Waals surface area contributed by atoms with Gasteiger partial charge in [-0.1, -0.05) is 0 Å². The molecular formula is C6H9ClN2O4. The zero-order valence-electron chi connectivity index (χ0n) is 6.77. The second-order valence-corrected chi connectivity index (χ2v) is 2.71. The summed E-state index contributed by atoms with van der Waals surface area (Å²) in [7, 11) is 0. The lowest BCUT2D eigenvalue weighted by molar-refractivity contribution is 0.0328. The average molecular weight is 209 g/mol. The molecule has 1 fully saturated rings. The van der Waals surface area contributed by atoms with Crippen molar-refractivity contribution in [2.45, 2.75) is 0 Å². The smallest absolute Gasteiger partial charge is 0.429 e. The van der Waals surface area contributed by atoms with E-state index in [1.165, 1.54) is 0 Å². The average Bonchev–Trinajstić information content (AvgIpc) is 2.47. The van der Waals surface area contributed by atoms with E-state index in [1.807, 2.05) is 0 Å². The largest absolute Gasteiger partial charge is 0.464 e. The van der Waals surface area contributed by atoms with Gasteiger partial charge >= 0.3 is 12.2 Å². The molecule has 0 aromatic rings. The number of nitrogens with zero attached hydrogens (tertiary/aromatic N) is 2. The van der Waals surface area contributed by atoms with Crippen molar-refractivity contribution in [3.8, 4) is 0 Å². The summed E-state index contributed by atoms with van der Waals surface area (Å²) in [6, 6.07) is 0. The topological polar surface area (TPSA) is 70.1 Å². The van der Waals surface area contributed by atoms with E-state index in [2.05, 4.69) is 4.74 Å². The molecule has 1 rings (SSSR count). The minimum atomic E-state index is -1.21. The van der Waals surface area contributed by atoms with Gasteiger partial charge in [0.1, 0.15) is 6.61 Å². The highest BCUT2D eigenvalue weighted by Gasteiger charge is 2.30. The number of ether oxygens (including phenoxy) is 1. The van der Waals surface area contributed by atoms with Gasteiger partial charge in [-0.05, 0) is 0 Å². The molecule has 7 heteroatoms. The lowest BCUT2D eigenvalue weighted by atomic mass is 10.6. The maximum atomic E-state index is 11.0. The van der Waals surface area contributed by atoms with Crippen molar-refractivity contribution in [3.05, 3.63) is 0 Å². The summed E-state index contributed by atoms with van der Waals surface area (Å²) in [4.78, 5) is 21.6. The fourth-order valence-electron chi connectivity index (χ4n) is 1.00. The molecule has 0 unspecified atom stereocenters. The van der Waals surface area contributed by atoms with Gasteiger partial charge in [0, 0.05) is 5.88 Å². The van der Waals surface area contributed by atoms with Gasteiger partial charge in [0.15, 0.2) is 0 Å². The lowest BCUT2D eigenvalue weighted by Gasteiger charge is -2.25. The Morgan fingerprint density at radius 2 is 2.46 bits per heavy atom. The predicted molar refractivity (Wildman–Crippen MR) is 43.5 cm³/mol. The van der Waals surface area contributed by atoms with E-state index < -0.39 is 12.2 Å². The number of carbonyl (C=O) groups excluding carboxylic acids is 1. The van der Waals surface area contributed by atoms with Gasteiger partial charge in [-0.25, -0.2) is 19.6 Å². The molecule has 0 aliphatic carbocycles. The van der Waals surface area contributed by atoms with Crippen LogP contribution in [0.5, 0.6) is 0 Å². The number of cyclic esters (lactones) is 1. The molecule has 0 aromatic carbocycles. The molecule has 74 valence electrons. The molecule has 1 aliphatic heterocycles. The first-order valence-corrected chi connectivity index (χ1v) is 4.21. The van der Waals surface area contributed by atoms with Crippen molar-refractivity contribution in [2.75, 3.05) is 25.6 Å². The van der Waals surface area contributed by atoms with Crippen molar-refractivity contribution in [2.24, 2.45) is 0 Å². The number of carboxylic acid groups (broad SMARTS) is 1. The number of hydrogen-bond donors (Lipinski definition) is 1. The van der Waals surface area contributed by atoms with Gasteiger partial charge in [0.05, 0.1) is 13.1 Å². The first-order chi connectivity index (χ1) is 6.16. The van der Waals surface area contributed by atoms with E-state index in [1.54, 1.807) is 0 Å².